The van der Waals surface area contributed by atoms with Gasteiger partial charge in [-0.3, -0.25) is 0 Å². The molecule has 1 aromatic carbocycles. The van der Waals surface area contributed by atoms with Crippen LogP contribution in [0.5, 0.6) is 0 Å². The monoisotopic (exact) mass is 341 g/mol. The summed E-state index contributed by atoms with van der Waals surface area (Å²) in [6, 6.07) is 5.65. The molecule has 6 heteroatoms. The second-order valence-corrected chi connectivity index (χ2v) is 7.31. The lowest BCUT2D eigenvalue weighted by Gasteiger charge is -2.19. The van der Waals surface area contributed by atoms with Crippen molar-refractivity contribution in [3.8, 4) is 0 Å². The Hall–Kier alpha value is -0.910. The number of halogens is 1. The number of carbonyl (C=O) groups excluding carboxylic acids is 1. The molecule has 1 heterocycles. The summed E-state index contributed by atoms with van der Waals surface area (Å²) < 4.78 is 0. The van der Waals surface area contributed by atoms with Gasteiger partial charge in [0.1, 0.15) is 0 Å². The highest BCUT2D eigenvalue weighted by molar-refractivity contribution is 7.97. The minimum atomic E-state index is -0.0151. The normalized spacial score (nSPS) is 18.0. The largest absolute Gasteiger partial charge is 0.324 e. The predicted octanol–water partition coefficient (Wildman–Crippen LogP) is 3.62. The fourth-order valence-corrected chi connectivity index (χ4v) is 3.62. The first-order chi connectivity index (χ1) is 10.5. The zero-order valence-electron chi connectivity index (χ0n) is 13.4. The summed E-state index contributed by atoms with van der Waals surface area (Å²) in [5, 5.41) is 3.74. The highest BCUT2D eigenvalue weighted by Gasteiger charge is 2.26. The lowest BCUT2D eigenvalue weighted by Crippen LogP contribution is -2.34. The number of nitrogens with zero attached hydrogens (tertiary/aromatic N) is 2. The number of urea groups is 1. The summed E-state index contributed by atoms with van der Waals surface area (Å²) in [6.45, 7) is 2.69. The minimum Gasteiger partial charge on any atom is -0.324 e. The van der Waals surface area contributed by atoms with Crippen molar-refractivity contribution in [1.82, 2.24) is 9.80 Å². The second-order valence-electron chi connectivity index (χ2n) is 6.03. The summed E-state index contributed by atoms with van der Waals surface area (Å²) in [7, 11) is 4.15. The predicted molar refractivity (Wildman–Crippen MR) is 95.9 cm³/mol. The summed E-state index contributed by atoms with van der Waals surface area (Å²) in [5.74, 6) is 1.41. The van der Waals surface area contributed by atoms with Crippen LogP contribution in [0.4, 0.5) is 10.5 Å². The molecule has 1 N–H and O–H groups in total. The van der Waals surface area contributed by atoms with E-state index in [2.05, 4.69) is 24.3 Å². The van der Waals surface area contributed by atoms with Crippen LogP contribution in [0.2, 0.25) is 5.02 Å². The number of likely N-dealkylation sites (tertiary alicyclic amines) is 1. The van der Waals surface area contributed by atoms with Crippen LogP contribution in [0.15, 0.2) is 18.2 Å². The van der Waals surface area contributed by atoms with Crippen LogP contribution in [0.1, 0.15) is 12.0 Å². The molecule has 122 valence electrons. The van der Waals surface area contributed by atoms with Gasteiger partial charge >= 0.3 is 6.03 Å². The Morgan fingerprint density at radius 2 is 2.27 bits per heavy atom. The molecule has 2 amide bonds. The third-order valence-electron chi connectivity index (χ3n) is 3.79. The molecule has 0 spiro atoms. The Morgan fingerprint density at radius 3 is 2.95 bits per heavy atom. The Balaban J connectivity index is 1.93. The van der Waals surface area contributed by atoms with E-state index in [0.29, 0.717) is 5.92 Å². The number of amides is 2. The van der Waals surface area contributed by atoms with Crippen molar-refractivity contribution in [2.45, 2.75) is 12.2 Å². The third-order valence-corrected chi connectivity index (χ3v) is 4.76. The number of carbonyl (C=O) groups is 1. The minimum absolute atomic E-state index is 0.0151. The summed E-state index contributed by atoms with van der Waals surface area (Å²) in [5.41, 5.74) is 1.87. The van der Waals surface area contributed by atoms with Gasteiger partial charge in [-0.25, -0.2) is 4.79 Å². The molecule has 1 saturated heterocycles. The zero-order chi connectivity index (χ0) is 16.1. The lowest BCUT2D eigenvalue weighted by molar-refractivity contribution is 0.219. The van der Waals surface area contributed by atoms with Gasteiger partial charge in [-0.2, -0.15) is 11.8 Å². The quantitative estimate of drug-likeness (QED) is 0.888. The van der Waals surface area contributed by atoms with Crippen molar-refractivity contribution in [3.63, 3.8) is 0 Å². The fourth-order valence-electron chi connectivity index (χ4n) is 2.80. The van der Waals surface area contributed by atoms with Gasteiger partial charge < -0.3 is 15.1 Å². The van der Waals surface area contributed by atoms with E-state index < -0.39 is 0 Å². The van der Waals surface area contributed by atoms with Gasteiger partial charge in [0.2, 0.25) is 0 Å². The van der Waals surface area contributed by atoms with E-state index in [1.807, 2.05) is 29.4 Å². The maximum absolute atomic E-state index is 12.4. The maximum atomic E-state index is 12.4. The molecule has 1 aromatic rings. The molecular weight excluding hydrogens is 318 g/mol. The number of benzene rings is 1. The van der Waals surface area contributed by atoms with Crippen LogP contribution >= 0.6 is 23.4 Å². The first kappa shape index (κ1) is 17.4. The molecule has 0 bridgehead atoms. The van der Waals surface area contributed by atoms with Gasteiger partial charge in [-0.1, -0.05) is 11.6 Å². The Kier molecular flexibility index (Phi) is 6.41. The molecule has 2 rings (SSSR count). The van der Waals surface area contributed by atoms with Crippen molar-refractivity contribution >= 4 is 35.1 Å². The molecule has 4 nitrogen and oxygen atoms in total. The average Bonchev–Trinajstić information content (AvgIpc) is 2.90. The second kappa shape index (κ2) is 8.09. The van der Waals surface area contributed by atoms with E-state index in [1.54, 1.807) is 11.8 Å². The number of thioether (sulfide) groups is 1. The molecule has 1 fully saturated rings. The van der Waals surface area contributed by atoms with Crippen LogP contribution in [0, 0.1) is 5.92 Å². The first-order valence-corrected chi connectivity index (χ1v) is 9.24. The van der Waals surface area contributed by atoms with E-state index in [4.69, 9.17) is 11.6 Å². The van der Waals surface area contributed by atoms with Gasteiger partial charge in [0.05, 0.1) is 0 Å². The Morgan fingerprint density at radius 1 is 1.50 bits per heavy atom. The molecule has 0 saturated carbocycles. The van der Waals surface area contributed by atoms with Crippen LogP contribution in [0.25, 0.3) is 0 Å². The molecular formula is C16H24ClN3OS. The molecule has 0 aromatic heterocycles. The molecule has 0 aliphatic carbocycles. The molecule has 1 aliphatic rings. The van der Waals surface area contributed by atoms with Crippen LogP contribution in [-0.4, -0.2) is 55.8 Å². The fraction of sp³-hybridized carbons (Fsp3) is 0.562. The van der Waals surface area contributed by atoms with Crippen LogP contribution in [0.3, 0.4) is 0 Å². The summed E-state index contributed by atoms with van der Waals surface area (Å²) in [6.07, 6.45) is 3.11. The standard InChI is InChI=1S/C16H24ClN3OS/c1-19(2)9-12-6-7-20(10-12)16(21)18-14-4-5-15(17)13(8-14)11-22-3/h4-5,8,12H,6-7,9-11H2,1-3H3,(H,18,21)/t12-/m0/s1. The van der Waals surface area contributed by atoms with Gasteiger partial charge in [0.15, 0.2) is 0 Å². The van der Waals surface area contributed by atoms with Crippen molar-refractivity contribution in [1.29, 1.82) is 0 Å². The maximum Gasteiger partial charge on any atom is 0.321 e. The van der Waals surface area contributed by atoms with E-state index in [1.165, 1.54) is 0 Å². The number of nitrogens with one attached hydrogen (secondary N) is 1. The van der Waals surface area contributed by atoms with E-state index in [9.17, 15) is 4.79 Å². The van der Waals surface area contributed by atoms with E-state index in [-0.39, 0.29) is 6.03 Å². The molecule has 0 unspecified atom stereocenters. The number of rotatable bonds is 5. The van der Waals surface area contributed by atoms with Crippen LogP contribution < -0.4 is 5.32 Å². The van der Waals surface area contributed by atoms with Gasteiger partial charge in [-0.15, -0.1) is 0 Å². The first-order valence-electron chi connectivity index (χ1n) is 7.47. The van der Waals surface area contributed by atoms with Gasteiger partial charge in [0.25, 0.3) is 0 Å². The highest BCUT2D eigenvalue weighted by Crippen LogP contribution is 2.25. The Labute approximate surface area is 142 Å². The van der Waals surface area contributed by atoms with Gasteiger partial charge in [-0.05, 0) is 56.5 Å². The smallest absolute Gasteiger partial charge is 0.321 e. The van der Waals surface area contributed by atoms with E-state index >= 15 is 0 Å². The van der Waals surface area contributed by atoms with Crippen molar-refractivity contribution in [3.05, 3.63) is 28.8 Å². The zero-order valence-corrected chi connectivity index (χ0v) is 15.0. The SMILES string of the molecule is CSCc1cc(NC(=O)N2CC[C@@H](CN(C)C)C2)ccc1Cl. The number of hydrogen-bond acceptors (Lipinski definition) is 3. The molecule has 22 heavy (non-hydrogen) atoms. The summed E-state index contributed by atoms with van der Waals surface area (Å²) >= 11 is 7.88. The summed E-state index contributed by atoms with van der Waals surface area (Å²) in [4.78, 5) is 16.4. The van der Waals surface area contributed by atoms with Crippen molar-refractivity contribution < 1.29 is 4.79 Å². The highest BCUT2D eigenvalue weighted by atomic mass is 35.5. The Bertz CT molecular complexity index is 524. The van der Waals surface area contributed by atoms with E-state index in [0.717, 1.165) is 48.1 Å². The van der Waals surface area contributed by atoms with Crippen molar-refractivity contribution in [2.24, 2.45) is 5.92 Å². The number of hydrogen-bond donors (Lipinski definition) is 1. The van der Waals surface area contributed by atoms with Crippen LogP contribution in [-0.2, 0) is 5.75 Å². The topological polar surface area (TPSA) is 35.6 Å². The molecule has 0 radical (unpaired) electrons. The number of anilines is 1. The third kappa shape index (κ3) is 4.80. The van der Waals surface area contributed by atoms with Gasteiger partial charge in [0, 0.05) is 36.1 Å². The average molecular weight is 342 g/mol. The molecule has 1 atom stereocenters. The van der Waals surface area contributed by atoms with Crippen molar-refractivity contribution in [2.75, 3.05) is 45.3 Å². The lowest BCUT2D eigenvalue weighted by atomic mass is 10.1. The molecule has 1 aliphatic heterocycles.